The Morgan fingerprint density at radius 3 is 3.04 bits per heavy atom. The number of pyridine rings is 1. The van der Waals surface area contributed by atoms with E-state index in [1.807, 2.05) is 42.5 Å². The van der Waals surface area contributed by atoms with E-state index < -0.39 is 6.10 Å². The van der Waals surface area contributed by atoms with Crippen LogP contribution < -0.4 is 10.1 Å². The molecule has 0 radical (unpaired) electrons. The molecule has 23 heavy (non-hydrogen) atoms. The summed E-state index contributed by atoms with van der Waals surface area (Å²) >= 11 is 0. The van der Waals surface area contributed by atoms with Gasteiger partial charge in [0.15, 0.2) is 0 Å². The predicted octanol–water partition coefficient (Wildman–Crippen LogP) is 1.90. The Morgan fingerprint density at radius 1 is 1.35 bits per heavy atom. The summed E-state index contributed by atoms with van der Waals surface area (Å²) in [4.78, 5) is 21.6. The average molecular weight is 311 g/mol. The molecular weight excluding hydrogens is 294 g/mol. The van der Waals surface area contributed by atoms with Gasteiger partial charge in [0.1, 0.15) is 5.75 Å². The molecule has 3 rings (SSSR count). The van der Waals surface area contributed by atoms with E-state index in [0.29, 0.717) is 13.0 Å². The topological polar surface area (TPSA) is 72.8 Å². The molecule has 2 aromatic rings. The lowest BCUT2D eigenvalue weighted by molar-refractivity contribution is -0.131. The molecule has 2 heterocycles. The van der Waals surface area contributed by atoms with Gasteiger partial charge in [0.25, 0.3) is 5.91 Å². The highest BCUT2D eigenvalue weighted by Crippen LogP contribution is 2.20. The first kappa shape index (κ1) is 15.0. The summed E-state index contributed by atoms with van der Waals surface area (Å²) in [6.45, 7) is 0.369. The fourth-order valence-corrected chi connectivity index (χ4v) is 2.29. The van der Waals surface area contributed by atoms with Gasteiger partial charge in [0.2, 0.25) is 6.10 Å². The van der Waals surface area contributed by atoms with Crippen molar-refractivity contribution in [3.63, 3.8) is 0 Å². The number of hydrogen-bond donors (Lipinski definition) is 1. The van der Waals surface area contributed by atoms with Gasteiger partial charge in [-0.1, -0.05) is 23.4 Å². The molecule has 0 fully saturated rings. The Bertz CT molecular complexity index is 716. The number of amides is 1. The van der Waals surface area contributed by atoms with E-state index in [2.05, 4.69) is 15.5 Å². The van der Waals surface area contributed by atoms with Crippen LogP contribution in [-0.2, 0) is 16.2 Å². The molecule has 1 aliphatic heterocycles. The van der Waals surface area contributed by atoms with Gasteiger partial charge < -0.3 is 14.9 Å². The third-order valence-electron chi connectivity index (χ3n) is 3.53. The van der Waals surface area contributed by atoms with Crippen molar-refractivity contribution in [3.8, 4) is 5.75 Å². The molecule has 0 saturated carbocycles. The second-order valence-electron chi connectivity index (χ2n) is 5.11. The van der Waals surface area contributed by atoms with Gasteiger partial charge >= 0.3 is 0 Å². The van der Waals surface area contributed by atoms with Crippen molar-refractivity contribution in [2.75, 3.05) is 7.11 Å². The molecule has 0 unspecified atom stereocenters. The van der Waals surface area contributed by atoms with Gasteiger partial charge in [0, 0.05) is 18.2 Å². The molecule has 6 nitrogen and oxygen atoms in total. The van der Waals surface area contributed by atoms with Crippen molar-refractivity contribution in [2.24, 2.45) is 5.16 Å². The minimum absolute atomic E-state index is 0.197. The zero-order valence-electron chi connectivity index (χ0n) is 12.7. The Hall–Kier alpha value is -2.89. The van der Waals surface area contributed by atoms with Crippen LogP contribution in [0, 0.1) is 0 Å². The Morgan fingerprint density at radius 2 is 2.26 bits per heavy atom. The molecule has 1 aromatic carbocycles. The van der Waals surface area contributed by atoms with Crippen molar-refractivity contribution >= 4 is 11.6 Å². The number of rotatable bonds is 5. The summed E-state index contributed by atoms with van der Waals surface area (Å²) in [5.74, 6) is 0.547. The molecule has 0 spiro atoms. The van der Waals surface area contributed by atoms with Crippen LogP contribution >= 0.6 is 0 Å². The van der Waals surface area contributed by atoms with E-state index in [0.717, 1.165) is 22.7 Å². The number of hydrogen-bond acceptors (Lipinski definition) is 5. The number of carbonyl (C=O) groups excluding carboxylic acids is 1. The highest BCUT2D eigenvalue weighted by molar-refractivity contribution is 6.04. The van der Waals surface area contributed by atoms with Crippen molar-refractivity contribution < 1.29 is 14.4 Å². The summed E-state index contributed by atoms with van der Waals surface area (Å²) in [7, 11) is 1.61. The number of methoxy groups -OCH3 is 1. The lowest BCUT2D eigenvalue weighted by Gasteiger charge is -2.09. The number of nitrogens with zero attached hydrogens (tertiary/aromatic N) is 2. The van der Waals surface area contributed by atoms with Gasteiger partial charge in [-0.3, -0.25) is 9.78 Å². The quantitative estimate of drug-likeness (QED) is 0.915. The molecule has 118 valence electrons. The molecule has 0 saturated heterocycles. The Labute approximate surface area is 134 Å². The molecule has 1 atom stereocenters. The number of benzene rings is 1. The van der Waals surface area contributed by atoms with Gasteiger partial charge in [-0.05, 0) is 24.3 Å². The van der Waals surface area contributed by atoms with Gasteiger partial charge in [-0.25, -0.2) is 0 Å². The van der Waals surface area contributed by atoms with E-state index in [-0.39, 0.29) is 5.91 Å². The molecule has 6 heteroatoms. The molecule has 0 bridgehead atoms. The smallest absolute Gasteiger partial charge is 0.264 e. The Balaban J connectivity index is 1.57. The number of nitrogens with one attached hydrogen (secondary N) is 1. The van der Waals surface area contributed by atoms with Crippen molar-refractivity contribution in [3.05, 3.63) is 59.9 Å². The minimum atomic E-state index is -0.611. The Kier molecular flexibility index (Phi) is 4.52. The third kappa shape index (κ3) is 3.66. The molecule has 1 N–H and O–H groups in total. The maximum Gasteiger partial charge on any atom is 0.264 e. The molecular formula is C17H17N3O3. The third-order valence-corrected chi connectivity index (χ3v) is 3.53. The second kappa shape index (κ2) is 6.91. The molecule has 1 amide bonds. The summed E-state index contributed by atoms with van der Waals surface area (Å²) in [5.41, 5.74) is 2.43. The van der Waals surface area contributed by atoms with Crippen molar-refractivity contribution in [1.82, 2.24) is 10.3 Å². The van der Waals surface area contributed by atoms with E-state index in [1.54, 1.807) is 13.3 Å². The first-order chi connectivity index (χ1) is 11.3. The van der Waals surface area contributed by atoms with Gasteiger partial charge in [-0.15, -0.1) is 0 Å². The van der Waals surface area contributed by atoms with E-state index in [4.69, 9.17) is 9.57 Å². The number of carbonyl (C=O) groups is 1. The van der Waals surface area contributed by atoms with Crippen LogP contribution in [0.2, 0.25) is 0 Å². The predicted molar refractivity (Wildman–Crippen MR) is 85.1 cm³/mol. The highest BCUT2D eigenvalue weighted by Gasteiger charge is 2.28. The largest absolute Gasteiger partial charge is 0.497 e. The fraction of sp³-hybridized carbons (Fsp3) is 0.235. The number of oxime groups is 1. The lowest BCUT2D eigenvalue weighted by Crippen LogP contribution is -2.34. The zero-order valence-corrected chi connectivity index (χ0v) is 12.7. The number of aromatic nitrogens is 1. The summed E-state index contributed by atoms with van der Waals surface area (Å²) in [5, 5.41) is 6.83. The molecule has 0 aliphatic carbocycles. The van der Waals surface area contributed by atoms with Crippen LogP contribution in [0.1, 0.15) is 17.7 Å². The van der Waals surface area contributed by atoms with Crippen LogP contribution in [0.15, 0.2) is 53.8 Å². The SMILES string of the molecule is COc1cccc(C2=NO[C@H](C(=O)NCc3ccccn3)C2)c1. The van der Waals surface area contributed by atoms with E-state index in [9.17, 15) is 4.79 Å². The van der Waals surface area contributed by atoms with Crippen LogP contribution in [-0.4, -0.2) is 29.8 Å². The maximum atomic E-state index is 12.2. The fourth-order valence-electron chi connectivity index (χ4n) is 2.29. The highest BCUT2D eigenvalue weighted by atomic mass is 16.6. The van der Waals surface area contributed by atoms with Crippen molar-refractivity contribution in [2.45, 2.75) is 19.1 Å². The summed E-state index contributed by atoms with van der Waals surface area (Å²) in [6.07, 6.45) is 1.51. The minimum Gasteiger partial charge on any atom is -0.497 e. The lowest BCUT2D eigenvalue weighted by atomic mass is 10.0. The van der Waals surface area contributed by atoms with Crippen molar-refractivity contribution in [1.29, 1.82) is 0 Å². The van der Waals surface area contributed by atoms with Crippen LogP contribution in [0.3, 0.4) is 0 Å². The van der Waals surface area contributed by atoms with Crippen LogP contribution in [0.5, 0.6) is 5.75 Å². The van der Waals surface area contributed by atoms with E-state index in [1.165, 1.54) is 0 Å². The number of ether oxygens (including phenoxy) is 1. The first-order valence-electron chi connectivity index (χ1n) is 7.31. The maximum absolute atomic E-state index is 12.2. The standard InChI is InChI=1S/C17H17N3O3/c1-22-14-7-4-5-12(9-14)15-10-16(23-20-15)17(21)19-11-13-6-2-3-8-18-13/h2-9,16H,10-11H2,1H3,(H,19,21)/t16-/m0/s1. The summed E-state index contributed by atoms with van der Waals surface area (Å²) in [6, 6.07) is 13.1. The monoisotopic (exact) mass is 311 g/mol. The van der Waals surface area contributed by atoms with E-state index >= 15 is 0 Å². The molecule has 1 aromatic heterocycles. The second-order valence-corrected chi connectivity index (χ2v) is 5.11. The van der Waals surface area contributed by atoms with Crippen LogP contribution in [0.25, 0.3) is 0 Å². The van der Waals surface area contributed by atoms with Crippen LogP contribution in [0.4, 0.5) is 0 Å². The van der Waals surface area contributed by atoms with Gasteiger partial charge in [-0.2, -0.15) is 0 Å². The first-order valence-corrected chi connectivity index (χ1v) is 7.31. The zero-order chi connectivity index (χ0) is 16.1. The normalized spacial score (nSPS) is 16.4. The molecule has 1 aliphatic rings. The summed E-state index contributed by atoms with van der Waals surface area (Å²) < 4.78 is 5.19. The average Bonchev–Trinajstić information content (AvgIpc) is 3.11. The van der Waals surface area contributed by atoms with Gasteiger partial charge in [0.05, 0.1) is 25.1 Å².